The summed E-state index contributed by atoms with van der Waals surface area (Å²) in [5.74, 6) is -0.365. The van der Waals surface area contributed by atoms with Gasteiger partial charge in [0.15, 0.2) is 5.79 Å². The lowest BCUT2D eigenvalue weighted by molar-refractivity contribution is -0.139. The zero-order valence-corrected chi connectivity index (χ0v) is 14.1. The topological polar surface area (TPSA) is 35.5 Å². The van der Waals surface area contributed by atoms with E-state index in [2.05, 4.69) is 0 Å². The molecule has 1 saturated heterocycles. The van der Waals surface area contributed by atoms with Crippen LogP contribution in [0.1, 0.15) is 90.9 Å². The molecule has 0 aromatic rings. The molecule has 124 valence electrons. The quantitative estimate of drug-likeness (QED) is 0.354. The van der Waals surface area contributed by atoms with Gasteiger partial charge in [-0.05, 0) is 26.7 Å². The van der Waals surface area contributed by atoms with E-state index in [-0.39, 0.29) is 5.79 Å². The van der Waals surface area contributed by atoms with E-state index in [9.17, 15) is 4.79 Å². The van der Waals surface area contributed by atoms with E-state index < -0.39 is 0 Å². The second kappa shape index (κ2) is 11.2. The van der Waals surface area contributed by atoms with E-state index in [1.807, 2.05) is 13.8 Å². The van der Waals surface area contributed by atoms with E-state index in [1.165, 1.54) is 57.8 Å². The predicted molar refractivity (Wildman–Crippen MR) is 86.4 cm³/mol. The summed E-state index contributed by atoms with van der Waals surface area (Å²) in [7, 11) is 0. The molecule has 1 atom stereocenters. The van der Waals surface area contributed by atoms with Gasteiger partial charge >= 0.3 is 0 Å². The van der Waals surface area contributed by atoms with Crippen molar-refractivity contribution in [2.24, 2.45) is 0 Å². The Labute approximate surface area is 130 Å². The molecule has 0 radical (unpaired) electrons. The predicted octanol–water partition coefficient (Wildman–Crippen LogP) is 5.02. The summed E-state index contributed by atoms with van der Waals surface area (Å²) in [6, 6.07) is 0. The van der Waals surface area contributed by atoms with Crippen LogP contribution < -0.4 is 0 Å². The fraction of sp³-hybridized carbons (Fsp3) is 0.944. The van der Waals surface area contributed by atoms with Crippen molar-refractivity contribution in [2.75, 3.05) is 6.61 Å². The number of carbonyl (C=O) groups is 1. The number of carbonyl (C=O) groups excluding carboxylic acids is 1. The molecule has 0 unspecified atom stereocenters. The highest BCUT2D eigenvalue weighted by molar-refractivity contribution is 5.48. The minimum absolute atomic E-state index is 0.311. The van der Waals surface area contributed by atoms with Gasteiger partial charge in [0.05, 0.1) is 12.7 Å². The van der Waals surface area contributed by atoms with Gasteiger partial charge in [0.2, 0.25) is 0 Å². The molecule has 1 heterocycles. The second-order valence-corrected chi connectivity index (χ2v) is 6.73. The van der Waals surface area contributed by atoms with Crippen molar-refractivity contribution >= 4 is 6.29 Å². The molecule has 1 rings (SSSR count). The third kappa shape index (κ3) is 10.0. The maximum Gasteiger partial charge on any atom is 0.163 e. The number of aldehydes is 1. The molecule has 0 aromatic carbocycles. The van der Waals surface area contributed by atoms with Crippen molar-refractivity contribution in [3.05, 3.63) is 0 Å². The molecule has 3 nitrogen and oxygen atoms in total. The smallest absolute Gasteiger partial charge is 0.163 e. The van der Waals surface area contributed by atoms with Gasteiger partial charge in [-0.2, -0.15) is 0 Å². The minimum Gasteiger partial charge on any atom is -0.348 e. The monoisotopic (exact) mass is 298 g/mol. The number of hydrogen-bond acceptors (Lipinski definition) is 3. The maximum atomic E-state index is 10.2. The summed E-state index contributed by atoms with van der Waals surface area (Å²) in [5, 5.41) is 0. The molecule has 0 bridgehead atoms. The first-order chi connectivity index (χ1) is 10.1. The summed E-state index contributed by atoms with van der Waals surface area (Å²) in [6.45, 7) is 4.75. The Hall–Kier alpha value is -0.410. The maximum absolute atomic E-state index is 10.2. The van der Waals surface area contributed by atoms with Crippen molar-refractivity contribution in [3.63, 3.8) is 0 Å². The van der Waals surface area contributed by atoms with Gasteiger partial charge in [0.25, 0.3) is 0 Å². The molecule has 0 spiro atoms. The van der Waals surface area contributed by atoms with Crippen LogP contribution in [0.3, 0.4) is 0 Å². The van der Waals surface area contributed by atoms with Crippen LogP contribution in [0.2, 0.25) is 0 Å². The minimum atomic E-state index is -0.365. The third-order valence-electron chi connectivity index (χ3n) is 4.17. The molecule has 0 aromatic heterocycles. The van der Waals surface area contributed by atoms with Gasteiger partial charge in [-0.1, -0.05) is 57.8 Å². The van der Waals surface area contributed by atoms with Gasteiger partial charge in [-0.3, -0.25) is 0 Å². The van der Waals surface area contributed by atoms with E-state index in [0.717, 1.165) is 32.2 Å². The summed E-state index contributed by atoms with van der Waals surface area (Å²) in [5.41, 5.74) is 0. The molecular weight excluding hydrogens is 264 g/mol. The summed E-state index contributed by atoms with van der Waals surface area (Å²) >= 11 is 0. The Balaban J connectivity index is 1.76. The molecule has 1 aliphatic rings. The first-order valence-corrected chi connectivity index (χ1v) is 8.89. The molecule has 0 N–H and O–H groups in total. The van der Waals surface area contributed by atoms with Gasteiger partial charge in [-0.25, -0.2) is 0 Å². The van der Waals surface area contributed by atoms with Crippen LogP contribution in [0.5, 0.6) is 0 Å². The number of hydrogen-bond donors (Lipinski definition) is 0. The molecule has 1 aliphatic heterocycles. The zero-order chi connectivity index (χ0) is 15.4. The highest BCUT2D eigenvalue weighted by Crippen LogP contribution is 2.25. The summed E-state index contributed by atoms with van der Waals surface area (Å²) < 4.78 is 11.4. The molecule has 1 fully saturated rings. The highest BCUT2D eigenvalue weighted by atomic mass is 16.7. The van der Waals surface area contributed by atoms with E-state index in [4.69, 9.17) is 9.47 Å². The molecule has 0 amide bonds. The van der Waals surface area contributed by atoms with E-state index in [0.29, 0.717) is 6.10 Å². The fourth-order valence-electron chi connectivity index (χ4n) is 2.92. The van der Waals surface area contributed by atoms with Crippen LogP contribution in [0.15, 0.2) is 0 Å². The number of rotatable bonds is 13. The van der Waals surface area contributed by atoms with Crippen molar-refractivity contribution in [1.82, 2.24) is 0 Å². The first-order valence-electron chi connectivity index (χ1n) is 8.89. The second-order valence-electron chi connectivity index (χ2n) is 6.73. The standard InChI is InChI=1S/C18H34O3/c1-18(2)20-16-17(21-18)14-12-10-8-6-4-3-5-7-9-11-13-15-19/h15,17H,3-14,16H2,1-2H3/t17-/m1/s1. The summed E-state index contributed by atoms with van der Waals surface area (Å²) in [6.07, 6.45) is 16.2. The van der Waals surface area contributed by atoms with Crippen molar-refractivity contribution in [2.45, 2.75) is 103 Å². The number of unbranched alkanes of at least 4 members (excludes halogenated alkanes) is 10. The van der Waals surface area contributed by atoms with Gasteiger partial charge in [0, 0.05) is 6.42 Å². The molecular formula is C18H34O3. The average Bonchev–Trinajstić information content (AvgIpc) is 2.79. The Kier molecular flexibility index (Phi) is 9.94. The first kappa shape index (κ1) is 18.6. The van der Waals surface area contributed by atoms with Crippen LogP contribution in [0, 0.1) is 0 Å². The Morgan fingerprint density at radius 2 is 1.43 bits per heavy atom. The average molecular weight is 298 g/mol. The number of ether oxygens (including phenoxy) is 2. The Bertz CT molecular complexity index is 263. The molecule has 0 aliphatic carbocycles. The molecule has 0 saturated carbocycles. The molecule has 21 heavy (non-hydrogen) atoms. The molecule has 3 heteroatoms. The van der Waals surface area contributed by atoms with Gasteiger partial charge in [0.1, 0.15) is 6.29 Å². The third-order valence-corrected chi connectivity index (χ3v) is 4.17. The SMILES string of the molecule is CC1(C)OC[C@@H](CCCCCCCCCCCCC=O)O1. The van der Waals surface area contributed by atoms with Crippen molar-refractivity contribution in [3.8, 4) is 0 Å². The van der Waals surface area contributed by atoms with Crippen LogP contribution in [-0.4, -0.2) is 24.8 Å². The van der Waals surface area contributed by atoms with Crippen LogP contribution in [0.4, 0.5) is 0 Å². The normalized spacial score (nSPS) is 20.8. The lowest BCUT2D eigenvalue weighted by Gasteiger charge is -2.16. The van der Waals surface area contributed by atoms with Gasteiger partial charge < -0.3 is 14.3 Å². The Morgan fingerprint density at radius 1 is 0.905 bits per heavy atom. The van der Waals surface area contributed by atoms with Crippen LogP contribution in [0.25, 0.3) is 0 Å². The Morgan fingerprint density at radius 3 is 1.90 bits per heavy atom. The fourth-order valence-corrected chi connectivity index (χ4v) is 2.92. The largest absolute Gasteiger partial charge is 0.348 e. The highest BCUT2D eigenvalue weighted by Gasteiger charge is 2.31. The van der Waals surface area contributed by atoms with Crippen molar-refractivity contribution < 1.29 is 14.3 Å². The van der Waals surface area contributed by atoms with E-state index >= 15 is 0 Å². The zero-order valence-electron chi connectivity index (χ0n) is 14.1. The van der Waals surface area contributed by atoms with Crippen molar-refractivity contribution in [1.29, 1.82) is 0 Å². The lowest BCUT2D eigenvalue weighted by Crippen LogP contribution is -2.21. The van der Waals surface area contributed by atoms with Gasteiger partial charge in [-0.15, -0.1) is 0 Å². The van der Waals surface area contributed by atoms with Crippen LogP contribution in [-0.2, 0) is 14.3 Å². The van der Waals surface area contributed by atoms with E-state index in [1.54, 1.807) is 0 Å². The summed E-state index contributed by atoms with van der Waals surface area (Å²) in [4.78, 5) is 10.2. The van der Waals surface area contributed by atoms with Crippen LogP contribution >= 0.6 is 0 Å². The lowest BCUT2D eigenvalue weighted by atomic mass is 10.0.